The Balaban J connectivity index is 2.20. The first-order chi connectivity index (χ1) is 12.8. The van der Waals surface area contributed by atoms with Gasteiger partial charge in [-0.1, -0.05) is 28.9 Å². The number of nitrogens with zero attached hydrogens (tertiary/aromatic N) is 1. The van der Waals surface area contributed by atoms with Gasteiger partial charge in [0, 0.05) is 5.56 Å². The second-order valence-corrected chi connectivity index (χ2v) is 7.23. The molecule has 2 aromatic carbocycles. The summed E-state index contributed by atoms with van der Waals surface area (Å²) >= 11 is 6.00. The van der Waals surface area contributed by atoms with Gasteiger partial charge in [0.15, 0.2) is 12.4 Å². The first-order valence-corrected chi connectivity index (χ1v) is 9.24. The maximum Gasteiger partial charge on any atom is 0.297 e. The first kappa shape index (κ1) is 19.3. The molecule has 0 amide bonds. The summed E-state index contributed by atoms with van der Waals surface area (Å²) in [6.45, 7) is -1.02. The molecule has 142 valence electrons. The van der Waals surface area contributed by atoms with Gasteiger partial charge in [-0.2, -0.15) is 8.42 Å². The molecule has 0 unspecified atom stereocenters. The Kier molecular flexibility index (Phi) is 5.18. The predicted octanol–water partition coefficient (Wildman–Crippen LogP) is 4.53. The highest BCUT2D eigenvalue weighted by atomic mass is 35.5. The molecule has 0 aliphatic rings. The van der Waals surface area contributed by atoms with Crippen molar-refractivity contribution in [2.75, 3.05) is 7.11 Å². The van der Waals surface area contributed by atoms with Crippen LogP contribution in [0.4, 0.5) is 8.78 Å². The number of halogens is 3. The average Bonchev–Trinajstić information content (AvgIpc) is 3.05. The van der Waals surface area contributed by atoms with Crippen LogP contribution in [-0.4, -0.2) is 25.2 Å². The SMILES string of the molecule is COc1cc(-c2noc(CF)c2-c2ccc(S(=O)(=O)O)c(F)c2)ccc1Cl. The highest BCUT2D eigenvalue weighted by Crippen LogP contribution is 2.38. The number of rotatable bonds is 5. The van der Waals surface area contributed by atoms with E-state index in [1.807, 2.05) is 0 Å². The molecule has 0 radical (unpaired) electrons. The van der Waals surface area contributed by atoms with E-state index >= 15 is 0 Å². The lowest BCUT2D eigenvalue weighted by Gasteiger charge is -2.08. The molecule has 0 saturated heterocycles. The number of ether oxygens (including phenoxy) is 1. The number of hydrogen-bond donors (Lipinski definition) is 1. The second kappa shape index (κ2) is 7.26. The van der Waals surface area contributed by atoms with Gasteiger partial charge in [-0.3, -0.25) is 4.55 Å². The molecule has 1 N–H and O–H groups in total. The third-order valence-corrected chi connectivity index (χ3v) is 5.01. The van der Waals surface area contributed by atoms with Crippen LogP contribution in [0.5, 0.6) is 5.75 Å². The molecular weight excluding hydrogens is 404 g/mol. The second-order valence-electron chi connectivity index (χ2n) is 5.43. The van der Waals surface area contributed by atoms with E-state index in [0.29, 0.717) is 16.3 Å². The molecule has 0 spiro atoms. The van der Waals surface area contributed by atoms with Crippen molar-refractivity contribution in [2.45, 2.75) is 11.6 Å². The molecule has 6 nitrogen and oxygen atoms in total. The third kappa shape index (κ3) is 3.66. The summed E-state index contributed by atoms with van der Waals surface area (Å²) in [5.74, 6) is -1.02. The minimum Gasteiger partial charge on any atom is -0.495 e. The number of hydrogen-bond acceptors (Lipinski definition) is 5. The summed E-state index contributed by atoms with van der Waals surface area (Å²) in [5, 5.41) is 4.18. The van der Waals surface area contributed by atoms with Crippen molar-refractivity contribution >= 4 is 21.7 Å². The van der Waals surface area contributed by atoms with Crippen LogP contribution in [0.25, 0.3) is 22.4 Å². The van der Waals surface area contributed by atoms with E-state index in [4.69, 9.17) is 25.4 Å². The van der Waals surface area contributed by atoms with E-state index in [0.717, 1.165) is 12.1 Å². The Labute approximate surface area is 158 Å². The number of benzene rings is 2. The fraction of sp³-hybridized carbons (Fsp3) is 0.118. The molecule has 1 aromatic heterocycles. The van der Waals surface area contributed by atoms with Gasteiger partial charge in [-0.15, -0.1) is 0 Å². The van der Waals surface area contributed by atoms with Gasteiger partial charge >= 0.3 is 0 Å². The predicted molar refractivity (Wildman–Crippen MR) is 93.5 cm³/mol. The number of alkyl halides is 1. The van der Waals surface area contributed by atoms with Crippen molar-refractivity contribution in [1.29, 1.82) is 0 Å². The Bertz CT molecular complexity index is 1110. The van der Waals surface area contributed by atoms with E-state index in [9.17, 15) is 17.2 Å². The van der Waals surface area contributed by atoms with Crippen LogP contribution in [-0.2, 0) is 16.8 Å². The van der Waals surface area contributed by atoms with Crippen LogP contribution in [0.3, 0.4) is 0 Å². The highest BCUT2D eigenvalue weighted by Gasteiger charge is 2.23. The maximum absolute atomic E-state index is 14.2. The van der Waals surface area contributed by atoms with Crippen molar-refractivity contribution in [1.82, 2.24) is 5.16 Å². The van der Waals surface area contributed by atoms with Gasteiger partial charge < -0.3 is 9.26 Å². The van der Waals surface area contributed by atoms with E-state index in [1.165, 1.54) is 13.2 Å². The van der Waals surface area contributed by atoms with Crippen LogP contribution in [0.15, 0.2) is 45.8 Å². The van der Waals surface area contributed by atoms with Crippen molar-refractivity contribution in [2.24, 2.45) is 0 Å². The van der Waals surface area contributed by atoms with Gasteiger partial charge in [-0.05, 0) is 29.8 Å². The number of aromatic nitrogens is 1. The largest absolute Gasteiger partial charge is 0.495 e. The molecule has 10 heteroatoms. The lowest BCUT2D eigenvalue weighted by Crippen LogP contribution is -2.01. The molecule has 0 fully saturated rings. The Hall–Kier alpha value is -2.49. The van der Waals surface area contributed by atoms with Crippen molar-refractivity contribution in [3.63, 3.8) is 0 Å². The standard InChI is InChI=1S/C17H12ClF2NO5S/c1-25-13-7-10(2-4-11(13)18)17-16(14(8-19)26-21-17)9-3-5-15(12(20)6-9)27(22,23)24/h2-7H,8H2,1H3,(H,22,23,24). The molecule has 27 heavy (non-hydrogen) atoms. The lowest BCUT2D eigenvalue weighted by molar-refractivity contribution is 0.332. The fourth-order valence-electron chi connectivity index (χ4n) is 2.58. The quantitative estimate of drug-likeness (QED) is 0.616. The molecular formula is C17H12ClF2NO5S. The van der Waals surface area contributed by atoms with E-state index in [1.54, 1.807) is 18.2 Å². The van der Waals surface area contributed by atoms with E-state index in [-0.39, 0.29) is 22.6 Å². The fourth-order valence-corrected chi connectivity index (χ4v) is 3.32. The van der Waals surface area contributed by atoms with Crippen LogP contribution >= 0.6 is 11.6 Å². The smallest absolute Gasteiger partial charge is 0.297 e. The summed E-state index contributed by atoms with van der Waals surface area (Å²) < 4.78 is 69.0. The van der Waals surface area contributed by atoms with Gasteiger partial charge in [0.05, 0.1) is 17.7 Å². The molecule has 0 aliphatic heterocycles. The van der Waals surface area contributed by atoms with Gasteiger partial charge in [0.25, 0.3) is 10.1 Å². The molecule has 0 aliphatic carbocycles. The van der Waals surface area contributed by atoms with E-state index < -0.39 is 27.5 Å². The highest BCUT2D eigenvalue weighted by molar-refractivity contribution is 7.85. The third-order valence-electron chi connectivity index (χ3n) is 3.81. The Morgan fingerprint density at radius 3 is 2.52 bits per heavy atom. The molecule has 3 aromatic rings. The summed E-state index contributed by atoms with van der Waals surface area (Å²) in [4.78, 5) is -0.890. The molecule has 1 heterocycles. The number of methoxy groups -OCH3 is 1. The maximum atomic E-state index is 14.2. The van der Waals surface area contributed by atoms with Gasteiger partial charge in [-0.25, -0.2) is 8.78 Å². The normalized spacial score (nSPS) is 11.6. The zero-order valence-corrected chi connectivity index (χ0v) is 15.3. The van der Waals surface area contributed by atoms with Gasteiger partial charge in [0.1, 0.15) is 22.2 Å². The van der Waals surface area contributed by atoms with Crippen LogP contribution < -0.4 is 4.74 Å². The molecule has 0 atom stereocenters. The zero-order valence-electron chi connectivity index (χ0n) is 13.7. The minimum atomic E-state index is -4.73. The summed E-state index contributed by atoms with van der Waals surface area (Å²) in [6, 6.07) is 7.64. The van der Waals surface area contributed by atoms with Crippen LogP contribution in [0, 0.1) is 5.82 Å². The van der Waals surface area contributed by atoms with Crippen molar-refractivity contribution in [3.8, 4) is 28.1 Å². The minimum absolute atomic E-state index is 0.123. The zero-order chi connectivity index (χ0) is 19.8. The molecule has 0 saturated carbocycles. The molecule has 0 bridgehead atoms. The lowest BCUT2D eigenvalue weighted by atomic mass is 9.99. The van der Waals surface area contributed by atoms with Gasteiger partial charge in [0.2, 0.25) is 0 Å². The Morgan fingerprint density at radius 2 is 1.93 bits per heavy atom. The van der Waals surface area contributed by atoms with E-state index in [2.05, 4.69) is 5.16 Å². The summed E-state index contributed by atoms with van der Waals surface area (Å²) in [6.07, 6.45) is 0. The average molecular weight is 416 g/mol. The van der Waals surface area contributed by atoms with Crippen molar-refractivity contribution in [3.05, 3.63) is 53.0 Å². The Morgan fingerprint density at radius 1 is 1.22 bits per heavy atom. The first-order valence-electron chi connectivity index (χ1n) is 7.42. The van der Waals surface area contributed by atoms with Crippen LogP contribution in [0.2, 0.25) is 5.02 Å². The van der Waals surface area contributed by atoms with Crippen LogP contribution in [0.1, 0.15) is 5.76 Å². The topological polar surface area (TPSA) is 89.6 Å². The molecule has 3 rings (SSSR count). The summed E-state index contributed by atoms with van der Waals surface area (Å²) in [7, 11) is -3.31. The monoisotopic (exact) mass is 415 g/mol. The summed E-state index contributed by atoms with van der Waals surface area (Å²) in [5.41, 5.74) is 0.922. The van der Waals surface area contributed by atoms with Crippen molar-refractivity contribution < 1.29 is 31.0 Å².